The van der Waals surface area contributed by atoms with Gasteiger partial charge in [0.25, 0.3) is 0 Å². The Morgan fingerprint density at radius 1 is 0.705 bits per heavy atom. The maximum absolute atomic E-state index is 7.13. The molecule has 2 aliphatic heterocycles. The summed E-state index contributed by atoms with van der Waals surface area (Å²) in [4.78, 5) is 5.34. The summed E-state index contributed by atoms with van der Waals surface area (Å²) in [6.07, 6.45) is 7.56. The first-order valence-corrected chi connectivity index (χ1v) is 22.4. The topological polar surface area (TPSA) is 33.8 Å². The summed E-state index contributed by atoms with van der Waals surface area (Å²) < 4.78 is 12.2. The number of hydrogen-bond acceptors (Lipinski definition) is 2. The van der Waals surface area contributed by atoms with Crippen LogP contribution in [0.25, 0.3) is 72.7 Å². The zero-order valence-electron chi connectivity index (χ0n) is 37.0. The van der Waals surface area contributed by atoms with E-state index in [4.69, 9.17) is 16.0 Å². The third kappa shape index (κ3) is 6.45. The number of pyridine rings is 3. The molecule has 0 spiro atoms. The summed E-state index contributed by atoms with van der Waals surface area (Å²) in [5.41, 5.74) is 21.3. The summed E-state index contributed by atoms with van der Waals surface area (Å²) in [5, 5.41) is 2.13. The molecule has 0 aliphatic carbocycles. The lowest BCUT2D eigenvalue weighted by Crippen LogP contribution is -2.49. The van der Waals surface area contributed by atoms with Gasteiger partial charge in [0.05, 0.1) is 17.2 Å². The van der Waals surface area contributed by atoms with E-state index in [1.165, 1.54) is 61.3 Å². The number of aromatic nitrogens is 3. The van der Waals surface area contributed by atoms with Crippen LogP contribution >= 0.6 is 0 Å². The average Bonchev–Trinajstić information content (AvgIpc) is 3.61. The molecule has 304 valence electrons. The van der Waals surface area contributed by atoms with Gasteiger partial charge in [0.15, 0.2) is 29.7 Å². The van der Waals surface area contributed by atoms with Gasteiger partial charge in [-0.25, -0.2) is 4.98 Å². The first-order chi connectivity index (χ1) is 29.5. The lowest BCUT2D eigenvalue weighted by Gasteiger charge is -2.31. The van der Waals surface area contributed by atoms with Gasteiger partial charge >= 0.3 is 0 Å². The molecular weight excluding hydrogens is 743 g/mol. The lowest BCUT2D eigenvalue weighted by atomic mass is 9.77. The molecule has 0 saturated heterocycles. The van der Waals surface area contributed by atoms with Gasteiger partial charge in [0.2, 0.25) is 17.1 Å². The fourth-order valence-corrected chi connectivity index (χ4v) is 11.3. The van der Waals surface area contributed by atoms with Crippen LogP contribution < -0.4 is 9.13 Å². The monoisotopic (exact) mass is 799 g/mol. The molecule has 8 aromatic rings. The van der Waals surface area contributed by atoms with Gasteiger partial charge in [0.1, 0.15) is 0 Å². The van der Waals surface area contributed by atoms with Crippen molar-refractivity contribution < 1.29 is 13.6 Å². The second kappa shape index (κ2) is 15.1. The number of benzene rings is 4. The van der Waals surface area contributed by atoms with Gasteiger partial charge in [-0.15, -0.1) is 0 Å². The van der Waals surface area contributed by atoms with Crippen molar-refractivity contribution in [2.75, 3.05) is 0 Å². The quantitative estimate of drug-likeness (QED) is 0.163. The van der Waals surface area contributed by atoms with Crippen LogP contribution in [0, 0.1) is 39.5 Å². The molecule has 0 radical (unpaired) electrons. The highest BCUT2D eigenvalue weighted by molar-refractivity contribution is 6.09. The summed E-state index contributed by atoms with van der Waals surface area (Å²) in [5.74, 6) is 1.66. The third-order valence-corrected chi connectivity index (χ3v) is 14.1. The zero-order valence-corrected chi connectivity index (χ0v) is 37.0. The van der Waals surface area contributed by atoms with Crippen molar-refractivity contribution in [1.29, 1.82) is 0 Å². The van der Waals surface area contributed by atoms with Gasteiger partial charge in [-0.2, -0.15) is 9.13 Å². The Hall–Kier alpha value is -6.13. The van der Waals surface area contributed by atoms with Crippen molar-refractivity contribution in [3.63, 3.8) is 0 Å². The van der Waals surface area contributed by atoms with Crippen LogP contribution in [-0.4, -0.2) is 4.98 Å². The highest BCUT2D eigenvalue weighted by Crippen LogP contribution is 2.47. The minimum Gasteiger partial charge on any atom is -0.437 e. The van der Waals surface area contributed by atoms with E-state index in [1.807, 2.05) is 0 Å². The van der Waals surface area contributed by atoms with E-state index in [0.717, 1.165) is 63.8 Å². The lowest BCUT2D eigenvalue weighted by molar-refractivity contribution is -0.719. The highest BCUT2D eigenvalue weighted by Gasteiger charge is 2.43. The number of fused-ring (bicyclic) bond motifs is 13. The van der Waals surface area contributed by atoms with Crippen LogP contribution in [0.15, 0.2) is 133 Å². The molecule has 4 aromatic carbocycles. The van der Waals surface area contributed by atoms with Crippen molar-refractivity contribution in [3.05, 3.63) is 167 Å². The number of rotatable bonds is 5. The summed E-state index contributed by atoms with van der Waals surface area (Å²) in [6, 6.07) is 40.5. The van der Waals surface area contributed by atoms with Gasteiger partial charge < -0.3 is 4.42 Å². The Bertz CT molecular complexity index is 3030. The van der Waals surface area contributed by atoms with Crippen LogP contribution in [-0.2, 0) is 6.42 Å². The normalized spacial score (nSPS) is 16.1. The van der Waals surface area contributed by atoms with E-state index >= 15 is 0 Å². The summed E-state index contributed by atoms with van der Waals surface area (Å²) >= 11 is 0. The van der Waals surface area contributed by atoms with Crippen LogP contribution in [0.1, 0.15) is 97.4 Å². The number of hydrogen-bond donors (Lipinski definition) is 0. The van der Waals surface area contributed by atoms with Gasteiger partial charge in [0, 0.05) is 58.0 Å². The maximum atomic E-state index is 7.13. The first-order valence-electron chi connectivity index (χ1n) is 22.4. The fraction of sp³-hybridized carbons (Fsp3) is 0.281. The molecule has 4 heteroatoms. The van der Waals surface area contributed by atoms with Crippen molar-refractivity contribution in [1.82, 2.24) is 4.98 Å². The Kier molecular flexibility index (Phi) is 9.66. The van der Waals surface area contributed by atoms with Crippen LogP contribution in [0.2, 0.25) is 0 Å². The number of aryl methyl sites for hydroxylation is 4. The standard InChI is InChI=1S/C57H57N3O/c1-33(2)53(34(3)4)48-32-59-38(8)30-47-43-17-13-14-18-44(43)50-27-19-35(5)31-60(50)51(47)28-22-41-21-24-45-46-25-26-49(58-57(46)61-56(45)55(41)52(59)29-37(48)7)54-36(6)20-23-42(39(54)9)40-15-11-10-12-16-40/h10-21,23-27,29,31-34,47,51,53H,8,22,28,30H2,1-7,9H3/q+2. The Labute approximate surface area is 361 Å². The van der Waals surface area contributed by atoms with Crippen LogP contribution in [0.4, 0.5) is 0 Å². The van der Waals surface area contributed by atoms with Crippen molar-refractivity contribution in [2.45, 2.75) is 92.5 Å². The van der Waals surface area contributed by atoms with Crippen molar-refractivity contribution in [2.24, 2.45) is 11.8 Å². The number of allylic oxidation sites excluding steroid dienone is 1. The highest BCUT2D eigenvalue weighted by atomic mass is 16.3. The Balaban J connectivity index is 1.20. The van der Waals surface area contributed by atoms with E-state index in [0.29, 0.717) is 23.5 Å². The van der Waals surface area contributed by atoms with E-state index in [2.05, 4.69) is 186 Å². The average molecular weight is 800 g/mol. The molecule has 2 aliphatic rings. The van der Waals surface area contributed by atoms with Crippen LogP contribution in [0.3, 0.4) is 0 Å². The van der Waals surface area contributed by atoms with E-state index in [-0.39, 0.29) is 12.0 Å². The molecule has 0 amide bonds. The van der Waals surface area contributed by atoms with E-state index in [9.17, 15) is 0 Å². The molecular formula is C57H57N3O+2. The zero-order chi connectivity index (χ0) is 42.3. The summed E-state index contributed by atoms with van der Waals surface area (Å²) in [7, 11) is 0. The van der Waals surface area contributed by atoms with E-state index < -0.39 is 0 Å². The van der Waals surface area contributed by atoms with Gasteiger partial charge in [-0.05, 0) is 122 Å². The molecule has 4 aromatic heterocycles. The smallest absolute Gasteiger partial charge is 0.227 e. The predicted molar refractivity (Wildman–Crippen MR) is 252 cm³/mol. The molecule has 6 heterocycles. The molecule has 10 rings (SSSR count). The molecule has 0 bridgehead atoms. The first kappa shape index (κ1) is 39.0. The largest absolute Gasteiger partial charge is 0.437 e. The minimum absolute atomic E-state index is 0.259. The summed E-state index contributed by atoms with van der Waals surface area (Å²) in [6.45, 7) is 23.4. The Morgan fingerprint density at radius 2 is 1.46 bits per heavy atom. The molecule has 61 heavy (non-hydrogen) atoms. The molecule has 0 saturated carbocycles. The second-order valence-corrected chi connectivity index (χ2v) is 18.7. The van der Waals surface area contributed by atoms with E-state index in [1.54, 1.807) is 0 Å². The van der Waals surface area contributed by atoms with Gasteiger partial charge in [-0.1, -0.05) is 100 Å². The van der Waals surface area contributed by atoms with Crippen molar-refractivity contribution >= 4 is 27.8 Å². The number of nitrogens with zero attached hydrogens (tertiary/aromatic N) is 3. The van der Waals surface area contributed by atoms with Crippen LogP contribution in [0.5, 0.6) is 0 Å². The molecule has 4 nitrogen and oxygen atoms in total. The number of furan rings is 1. The minimum atomic E-state index is 0.259. The molecule has 0 fully saturated rings. The SMILES string of the molecule is C=C1CC2c3ccccc3-c3ccc(C)c[n+]3C2CCc2ccc3c(oc4nc(-c5c(C)ccc(-c6ccccc6)c5C)ccc43)c2-c2cc(C)c(C(C(C)C)C(C)C)c[n+]21. The Morgan fingerprint density at radius 3 is 2.25 bits per heavy atom. The molecule has 2 atom stereocenters. The third-order valence-electron chi connectivity index (χ3n) is 14.1. The fourth-order valence-electron chi connectivity index (χ4n) is 11.3. The maximum Gasteiger partial charge on any atom is 0.227 e. The van der Waals surface area contributed by atoms with Gasteiger partial charge in [-0.3, -0.25) is 0 Å². The molecule has 0 N–H and O–H groups in total. The predicted octanol–water partition coefficient (Wildman–Crippen LogP) is 14.0. The molecule has 2 unspecified atom stereocenters. The van der Waals surface area contributed by atoms with Crippen molar-refractivity contribution in [3.8, 4) is 44.9 Å². The second-order valence-electron chi connectivity index (χ2n) is 18.7.